The minimum atomic E-state index is -0.105. The van der Waals surface area contributed by atoms with Gasteiger partial charge >= 0.3 is 5.97 Å². The Bertz CT molecular complexity index is 273. The molecule has 0 aromatic carbocycles. The summed E-state index contributed by atoms with van der Waals surface area (Å²) in [6, 6.07) is 0. The van der Waals surface area contributed by atoms with Gasteiger partial charge in [0.05, 0.1) is 7.11 Å². The summed E-state index contributed by atoms with van der Waals surface area (Å²) in [5.74, 6) is 0.701. The minimum Gasteiger partial charge on any atom is -0.469 e. The maximum absolute atomic E-state index is 11.3. The molecule has 0 amide bonds. The Morgan fingerprint density at radius 2 is 2.38 bits per heavy atom. The molecule has 0 N–H and O–H groups in total. The van der Waals surface area contributed by atoms with Crippen LogP contribution in [0, 0.1) is 11.8 Å². The second-order valence-electron chi connectivity index (χ2n) is 4.24. The van der Waals surface area contributed by atoms with E-state index in [9.17, 15) is 4.79 Å². The number of halogens is 1. The van der Waals surface area contributed by atoms with Gasteiger partial charge in [0.1, 0.15) is 0 Å². The molecule has 1 rings (SSSR count). The monoisotopic (exact) mass is 355 g/mol. The standard InChI is InChI=1S/C11H18INO2S/c1-8(2)10-7-13(16-12)5-4-9(10)6-11(14)15-3/h9-10H,1,4-7H2,2-3H3. The smallest absolute Gasteiger partial charge is 0.305 e. The van der Waals surface area contributed by atoms with Gasteiger partial charge in [0, 0.05) is 40.7 Å². The number of nitrogens with zero attached hydrogens (tertiary/aromatic N) is 1. The molecule has 0 spiro atoms. The average Bonchev–Trinajstić information content (AvgIpc) is 2.29. The van der Waals surface area contributed by atoms with Crippen LogP contribution in [0.2, 0.25) is 0 Å². The molecule has 1 aliphatic rings. The lowest BCUT2D eigenvalue weighted by molar-refractivity contribution is -0.142. The number of methoxy groups -OCH3 is 1. The van der Waals surface area contributed by atoms with E-state index in [0.717, 1.165) is 19.5 Å². The maximum atomic E-state index is 11.3. The lowest BCUT2D eigenvalue weighted by Gasteiger charge is -2.36. The highest BCUT2D eigenvalue weighted by atomic mass is 127. The van der Waals surface area contributed by atoms with E-state index in [2.05, 4.69) is 39.0 Å². The molecule has 2 atom stereocenters. The van der Waals surface area contributed by atoms with Crippen LogP contribution in [0.5, 0.6) is 0 Å². The molecule has 1 heterocycles. The van der Waals surface area contributed by atoms with Crippen molar-refractivity contribution in [3.05, 3.63) is 12.2 Å². The fraction of sp³-hybridized carbons (Fsp3) is 0.727. The van der Waals surface area contributed by atoms with Crippen molar-refractivity contribution in [2.75, 3.05) is 20.2 Å². The molecular weight excluding hydrogens is 337 g/mol. The molecule has 16 heavy (non-hydrogen) atoms. The molecule has 0 aromatic rings. The van der Waals surface area contributed by atoms with Crippen molar-refractivity contribution in [3.63, 3.8) is 0 Å². The van der Waals surface area contributed by atoms with E-state index in [0.29, 0.717) is 18.3 Å². The van der Waals surface area contributed by atoms with Gasteiger partial charge in [-0.3, -0.25) is 4.79 Å². The number of rotatable bonds is 4. The highest BCUT2D eigenvalue weighted by Gasteiger charge is 2.31. The number of esters is 1. The van der Waals surface area contributed by atoms with Crippen molar-refractivity contribution < 1.29 is 9.53 Å². The molecule has 2 unspecified atom stereocenters. The molecule has 1 aliphatic heterocycles. The van der Waals surface area contributed by atoms with Crippen molar-refractivity contribution in [2.24, 2.45) is 11.8 Å². The predicted octanol–water partition coefficient (Wildman–Crippen LogP) is 3.06. The fourth-order valence-corrected chi connectivity index (χ4v) is 3.60. The number of hydrogen-bond acceptors (Lipinski definition) is 4. The third-order valence-corrected chi connectivity index (χ3v) is 5.30. The number of hydrogen-bond donors (Lipinski definition) is 0. The summed E-state index contributed by atoms with van der Waals surface area (Å²) in [6.45, 7) is 8.12. The van der Waals surface area contributed by atoms with E-state index >= 15 is 0 Å². The largest absolute Gasteiger partial charge is 0.469 e. The Morgan fingerprint density at radius 3 is 2.88 bits per heavy atom. The van der Waals surface area contributed by atoms with Gasteiger partial charge in [-0.1, -0.05) is 12.2 Å². The molecule has 0 radical (unpaired) electrons. The number of carbonyl (C=O) groups excluding carboxylic acids is 1. The van der Waals surface area contributed by atoms with E-state index in [1.165, 1.54) is 12.7 Å². The molecule has 3 nitrogen and oxygen atoms in total. The molecule has 1 saturated heterocycles. The SMILES string of the molecule is C=C(C)C1CN(SI)CCC1CC(=O)OC. The first kappa shape index (κ1) is 14.3. The van der Waals surface area contributed by atoms with Crippen LogP contribution < -0.4 is 0 Å². The molecule has 0 saturated carbocycles. The van der Waals surface area contributed by atoms with Crippen LogP contribution in [0.25, 0.3) is 0 Å². The second-order valence-corrected chi connectivity index (χ2v) is 6.07. The quantitative estimate of drug-likeness (QED) is 0.336. The van der Waals surface area contributed by atoms with Crippen molar-refractivity contribution >= 4 is 36.3 Å². The van der Waals surface area contributed by atoms with Gasteiger partial charge in [0.25, 0.3) is 0 Å². The lowest BCUT2D eigenvalue weighted by atomic mass is 9.80. The lowest BCUT2D eigenvalue weighted by Crippen LogP contribution is -2.37. The summed E-state index contributed by atoms with van der Waals surface area (Å²) < 4.78 is 7.07. The van der Waals surface area contributed by atoms with Crippen LogP contribution in [-0.4, -0.2) is 30.5 Å². The molecule has 0 aromatic heterocycles. The number of piperidine rings is 1. The first-order valence-electron chi connectivity index (χ1n) is 5.34. The Balaban J connectivity index is 2.61. The molecule has 5 heteroatoms. The van der Waals surface area contributed by atoms with E-state index < -0.39 is 0 Å². The van der Waals surface area contributed by atoms with Gasteiger partial charge in [0.2, 0.25) is 0 Å². The topological polar surface area (TPSA) is 29.5 Å². The normalized spacial score (nSPS) is 26.4. The summed E-state index contributed by atoms with van der Waals surface area (Å²) in [4.78, 5) is 11.3. The van der Waals surface area contributed by atoms with Crippen LogP contribution in [0.1, 0.15) is 19.8 Å². The van der Waals surface area contributed by atoms with Crippen LogP contribution in [0.15, 0.2) is 12.2 Å². The van der Waals surface area contributed by atoms with Crippen LogP contribution >= 0.6 is 30.3 Å². The second kappa shape index (κ2) is 6.86. The van der Waals surface area contributed by atoms with Gasteiger partial charge in [-0.15, -0.1) is 0 Å². The Hall–Kier alpha value is 0.250. The highest BCUT2D eigenvalue weighted by Crippen LogP contribution is 2.35. The zero-order valence-corrected chi connectivity index (χ0v) is 12.7. The molecule has 0 aliphatic carbocycles. The van der Waals surface area contributed by atoms with Gasteiger partial charge in [-0.05, 0) is 34.3 Å². The predicted molar refractivity (Wildman–Crippen MR) is 76.2 cm³/mol. The first-order valence-corrected chi connectivity index (χ1v) is 8.66. The summed E-state index contributed by atoms with van der Waals surface area (Å²) in [7, 11) is 3.19. The molecular formula is C11H18INO2S. The first-order chi connectivity index (χ1) is 7.58. The van der Waals surface area contributed by atoms with Crippen LogP contribution in [0.4, 0.5) is 0 Å². The summed E-state index contributed by atoms with van der Waals surface area (Å²) in [5.41, 5.74) is 1.17. The van der Waals surface area contributed by atoms with E-state index in [-0.39, 0.29) is 5.97 Å². The molecule has 1 fully saturated rings. The van der Waals surface area contributed by atoms with Crippen molar-refractivity contribution in [3.8, 4) is 0 Å². The van der Waals surface area contributed by atoms with Crippen molar-refractivity contribution in [2.45, 2.75) is 19.8 Å². The maximum Gasteiger partial charge on any atom is 0.305 e. The van der Waals surface area contributed by atoms with Gasteiger partial charge < -0.3 is 4.74 Å². The summed E-state index contributed by atoms with van der Waals surface area (Å²) in [6.07, 6.45) is 1.57. The Labute approximate surface area is 114 Å². The Kier molecular flexibility index (Phi) is 6.13. The number of ether oxygens (including phenoxy) is 1. The van der Waals surface area contributed by atoms with Gasteiger partial charge in [-0.2, -0.15) is 0 Å². The van der Waals surface area contributed by atoms with Crippen LogP contribution in [0.3, 0.4) is 0 Å². The molecule has 0 bridgehead atoms. The van der Waals surface area contributed by atoms with Crippen molar-refractivity contribution in [1.82, 2.24) is 4.31 Å². The average molecular weight is 355 g/mol. The van der Waals surface area contributed by atoms with Gasteiger partial charge in [0.15, 0.2) is 0 Å². The number of carbonyl (C=O) groups is 1. The highest BCUT2D eigenvalue weighted by molar-refractivity contribution is 14.2. The molecule has 92 valence electrons. The third-order valence-electron chi connectivity index (χ3n) is 3.11. The summed E-state index contributed by atoms with van der Waals surface area (Å²) >= 11 is 2.30. The van der Waals surface area contributed by atoms with Gasteiger partial charge in [-0.25, -0.2) is 4.31 Å². The van der Waals surface area contributed by atoms with Crippen LogP contribution in [-0.2, 0) is 9.53 Å². The fourth-order valence-electron chi connectivity index (χ4n) is 2.13. The van der Waals surface area contributed by atoms with E-state index in [1.807, 2.05) is 0 Å². The Morgan fingerprint density at radius 1 is 1.69 bits per heavy atom. The third kappa shape index (κ3) is 3.92. The zero-order chi connectivity index (χ0) is 12.1. The zero-order valence-electron chi connectivity index (χ0n) is 9.74. The van der Waals surface area contributed by atoms with E-state index in [1.54, 1.807) is 9.12 Å². The summed E-state index contributed by atoms with van der Waals surface area (Å²) in [5, 5.41) is 0. The van der Waals surface area contributed by atoms with E-state index in [4.69, 9.17) is 4.74 Å². The minimum absolute atomic E-state index is 0.105. The van der Waals surface area contributed by atoms with Crippen molar-refractivity contribution in [1.29, 1.82) is 0 Å².